The van der Waals surface area contributed by atoms with Crippen LogP contribution in [0.5, 0.6) is 5.75 Å². The van der Waals surface area contributed by atoms with Crippen LogP contribution in [0.3, 0.4) is 0 Å². The smallest absolute Gasteiger partial charge is 0.255 e. The highest BCUT2D eigenvalue weighted by molar-refractivity contribution is 6.04. The van der Waals surface area contributed by atoms with Gasteiger partial charge in [0.1, 0.15) is 5.75 Å². The maximum atomic E-state index is 12.7. The minimum atomic E-state index is -0.151. The van der Waals surface area contributed by atoms with Gasteiger partial charge >= 0.3 is 0 Å². The molecule has 2 heterocycles. The van der Waals surface area contributed by atoms with Crippen LogP contribution >= 0.6 is 0 Å². The monoisotopic (exact) mass is 509 g/mol. The molecule has 4 aromatic rings. The summed E-state index contributed by atoms with van der Waals surface area (Å²) in [5, 5.41) is 7.70. The van der Waals surface area contributed by atoms with Gasteiger partial charge in [0.2, 0.25) is 0 Å². The summed E-state index contributed by atoms with van der Waals surface area (Å²) in [6.45, 7) is 9.44. The van der Waals surface area contributed by atoms with Gasteiger partial charge in [-0.3, -0.25) is 14.7 Å². The first-order valence-corrected chi connectivity index (χ1v) is 13.2. The second-order valence-corrected chi connectivity index (χ2v) is 9.66. The van der Waals surface area contributed by atoms with Gasteiger partial charge in [0.15, 0.2) is 0 Å². The van der Waals surface area contributed by atoms with E-state index in [-0.39, 0.29) is 5.91 Å². The zero-order valence-corrected chi connectivity index (χ0v) is 22.1. The predicted molar refractivity (Wildman–Crippen MR) is 154 cm³/mol. The molecule has 7 nitrogen and oxygen atoms in total. The van der Waals surface area contributed by atoms with Crippen molar-refractivity contribution >= 4 is 28.2 Å². The maximum absolute atomic E-state index is 12.7. The standard InChI is InChI=1S/C31H35N5O2/c1-3-35-15-17-36(18-16-35)22-24-7-12-29-28(20-24)30(13-14-32-29)33-21-23-5-4-6-26(19-23)34-31(37)25-8-10-27(38-2)11-9-25/h4-14,19-20H,3,15-18,21-22H2,1-2H3,(H,32,33)(H,34,37). The van der Waals surface area contributed by atoms with Crippen LogP contribution in [-0.2, 0) is 13.1 Å². The summed E-state index contributed by atoms with van der Waals surface area (Å²) in [5.41, 5.74) is 5.76. The summed E-state index contributed by atoms with van der Waals surface area (Å²) < 4.78 is 5.17. The Morgan fingerprint density at radius 3 is 2.47 bits per heavy atom. The molecular weight excluding hydrogens is 474 g/mol. The largest absolute Gasteiger partial charge is 0.497 e. The van der Waals surface area contributed by atoms with Crippen LogP contribution in [0.25, 0.3) is 10.9 Å². The van der Waals surface area contributed by atoms with Crippen molar-refractivity contribution in [3.05, 3.63) is 95.7 Å². The quantitative estimate of drug-likeness (QED) is 0.321. The van der Waals surface area contributed by atoms with Crippen LogP contribution in [0.2, 0.25) is 0 Å². The van der Waals surface area contributed by atoms with E-state index in [9.17, 15) is 4.79 Å². The van der Waals surface area contributed by atoms with Gasteiger partial charge in [-0.2, -0.15) is 0 Å². The van der Waals surface area contributed by atoms with Crippen LogP contribution in [0.15, 0.2) is 79.0 Å². The Bertz CT molecular complexity index is 1380. The summed E-state index contributed by atoms with van der Waals surface area (Å²) >= 11 is 0. The highest BCUT2D eigenvalue weighted by atomic mass is 16.5. The lowest BCUT2D eigenvalue weighted by Crippen LogP contribution is -2.45. The number of nitrogens with zero attached hydrogens (tertiary/aromatic N) is 3. The average molecular weight is 510 g/mol. The number of aromatic nitrogens is 1. The molecule has 5 rings (SSSR count). The summed E-state index contributed by atoms with van der Waals surface area (Å²) in [7, 11) is 1.61. The molecule has 0 aliphatic carbocycles. The SMILES string of the molecule is CCN1CCN(Cc2ccc3nccc(NCc4cccc(NC(=O)c5ccc(OC)cc5)c4)c3c2)CC1. The number of likely N-dealkylation sites (N-methyl/N-ethyl adjacent to an activating group) is 1. The third-order valence-electron chi connectivity index (χ3n) is 7.14. The molecule has 0 radical (unpaired) electrons. The number of amides is 1. The zero-order chi connectivity index (χ0) is 26.3. The molecule has 7 heteroatoms. The van der Waals surface area contributed by atoms with Crippen molar-refractivity contribution in [2.75, 3.05) is 50.5 Å². The number of methoxy groups -OCH3 is 1. The van der Waals surface area contributed by atoms with Crippen LogP contribution in [0.4, 0.5) is 11.4 Å². The number of benzene rings is 3. The van der Waals surface area contributed by atoms with E-state index in [1.165, 1.54) is 5.56 Å². The van der Waals surface area contributed by atoms with Gasteiger partial charge in [-0.15, -0.1) is 0 Å². The van der Waals surface area contributed by atoms with Crippen LogP contribution in [0.1, 0.15) is 28.4 Å². The minimum absolute atomic E-state index is 0.151. The average Bonchev–Trinajstić information content (AvgIpc) is 2.96. The first-order valence-electron chi connectivity index (χ1n) is 13.2. The van der Waals surface area contributed by atoms with Crippen molar-refractivity contribution in [2.45, 2.75) is 20.0 Å². The van der Waals surface area contributed by atoms with Gasteiger partial charge in [0.25, 0.3) is 5.91 Å². The molecule has 0 spiro atoms. The fraction of sp³-hybridized carbons (Fsp3) is 0.290. The third kappa shape index (κ3) is 6.30. The molecule has 3 aromatic carbocycles. The molecule has 1 aliphatic heterocycles. The first-order chi connectivity index (χ1) is 18.6. The van der Waals surface area contributed by atoms with E-state index in [0.29, 0.717) is 12.1 Å². The lowest BCUT2D eigenvalue weighted by molar-refractivity contribution is 0.102. The highest BCUT2D eigenvalue weighted by Gasteiger charge is 2.16. The number of rotatable bonds is 9. The van der Waals surface area contributed by atoms with Crippen molar-refractivity contribution in [3.63, 3.8) is 0 Å². The molecule has 2 N–H and O–H groups in total. The Hall–Kier alpha value is -3.94. The number of ether oxygens (including phenoxy) is 1. The predicted octanol–water partition coefficient (Wildman–Crippen LogP) is 5.25. The molecule has 0 atom stereocenters. The van der Waals surface area contributed by atoms with Crippen molar-refractivity contribution in [3.8, 4) is 5.75 Å². The Morgan fingerprint density at radius 2 is 1.71 bits per heavy atom. The summed E-state index contributed by atoms with van der Waals surface area (Å²) in [6, 6.07) is 23.6. The van der Waals surface area contributed by atoms with E-state index in [0.717, 1.165) is 72.9 Å². The van der Waals surface area contributed by atoms with Crippen LogP contribution in [0, 0.1) is 0 Å². The van der Waals surface area contributed by atoms with E-state index in [4.69, 9.17) is 4.74 Å². The van der Waals surface area contributed by atoms with Crippen molar-refractivity contribution in [1.29, 1.82) is 0 Å². The van der Waals surface area contributed by atoms with E-state index in [1.54, 1.807) is 31.4 Å². The van der Waals surface area contributed by atoms with Crippen molar-refractivity contribution in [2.24, 2.45) is 0 Å². The number of hydrogen-bond donors (Lipinski definition) is 2. The topological polar surface area (TPSA) is 69.7 Å². The molecule has 0 unspecified atom stereocenters. The van der Waals surface area contributed by atoms with Gasteiger partial charge in [0.05, 0.1) is 12.6 Å². The van der Waals surface area contributed by atoms with E-state index < -0.39 is 0 Å². The Morgan fingerprint density at radius 1 is 0.921 bits per heavy atom. The number of anilines is 2. The fourth-order valence-corrected chi connectivity index (χ4v) is 4.87. The van der Waals surface area contributed by atoms with Gasteiger partial charge in [-0.05, 0) is 72.3 Å². The highest BCUT2D eigenvalue weighted by Crippen LogP contribution is 2.25. The number of fused-ring (bicyclic) bond motifs is 1. The number of carbonyl (C=O) groups is 1. The Kier molecular flexibility index (Phi) is 8.16. The minimum Gasteiger partial charge on any atom is -0.497 e. The molecule has 1 saturated heterocycles. The molecule has 1 aromatic heterocycles. The molecule has 38 heavy (non-hydrogen) atoms. The number of nitrogens with one attached hydrogen (secondary N) is 2. The number of pyridine rings is 1. The van der Waals surface area contributed by atoms with E-state index in [1.807, 2.05) is 30.5 Å². The van der Waals surface area contributed by atoms with Crippen LogP contribution in [-0.4, -0.2) is 60.5 Å². The van der Waals surface area contributed by atoms with Crippen molar-refractivity contribution < 1.29 is 9.53 Å². The number of hydrogen-bond acceptors (Lipinski definition) is 6. The summed E-state index contributed by atoms with van der Waals surface area (Å²) in [5.74, 6) is 0.571. The Labute approximate surface area is 224 Å². The molecule has 1 amide bonds. The normalized spacial score (nSPS) is 14.4. The van der Waals surface area contributed by atoms with Crippen molar-refractivity contribution in [1.82, 2.24) is 14.8 Å². The fourth-order valence-electron chi connectivity index (χ4n) is 4.87. The molecule has 196 valence electrons. The van der Waals surface area contributed by atoms with Gasteiger partial charge in [0, 0.05) is 67.8 Å². The molecule has 0 saturated carbocycles. The molecule has 0 bridgehead atoms. The Balaban J connectivity index is 1.24. The second kappa shape index (κ2) is 12.1. The van der Waals surface area contributed by atoms with Gasteiger partial charge < -0.3 is 20.3 Å². The summed E-state index contributed by atoms with van der Waals surface area (Å²) in [6.07, 6.45) is 1.85. The number of carbonyl (C=O) groups excluding carboxylic acids is 1. The van der Waals surface area contributed by atoms with E-state index >= 15 is 0 Å². The van der Waals surface area contributed by atoms with Crippen LogP contribution < -0.4 is 15.4 Å². The second-order valence-electron chi connectivity index (χ2n) is 9.66. The third-order valence-corrected chi connectivity index (χ3v) is 7.14. The zero-order valence-electron chi connectivity index (χ0n) is 22.1. The van der Waals surface area contributed by atoms with Gasteiger partial charge in [-0.1, -0.05) is 25.1 Å². The van der Waals surface area contributed by atoms with Gasteiger partial charge in [-0.25, -0.2) is 0 Å². The molecule has 1 fully saturated rings. The van der Waals surface area contributed by atoms with E-state index in [2.05, 4.69) is 56.6 Å². The maximum Gasteiger partial charge on any atom is 0.255 e. The summed E-state index contributed by atoms with van der Waals surface area (Å²) in [4.78, 5) is 22.3. The molecule has 1 aliphatic rings. The number of piperazine rings is 1. The lowest BCUT2D eigenvalue weighted by atomic mass is 10.1. The molecular formula is C31H35N5O2. The lowest BCUT2D eigenvalue weighted by Gasteiger charge is -2.34. The first kappa shape index (κ1) is 25.7.